The molecule has 0 aliphatic rings. The van der Waals surface area contributed by atoms with Crippen LogP contribution >= 0.6 is 23.4 Å². The maximum Gasteiger partial charge on any atom is 0.259 e. The average molecular weight is 442 g/mol. The van der Waals surface area contributed by atoms with Crippen LogP contribution in [-0.2, 0) is 7.05 Å². The van der Waals surface area contributed by atoms with Crippen LogP contribution in [0.25, 0.3) is 5.69 Å². The molecule has 1 amide bonds. The first-order valence-electron chi connectivity index (χ1n) is 8.99. The van der Waals surface area contributed by atoms with E-state index in [1.807, 2.05) is 23.9 Å². The summed E-state index contributed by atoms with van der Waals surface area (Å²) >= 11 is 7.56. The van der Waals surface area contributed by atoms with Crippen LogP contribution < -0.4 is 5.32 Å². The van der Waals surface area contributed by atoms with E-state index in [1.54, 1.807) is 43.5 Å². The molecule has 6 nitrogen and oxygen atoms in total. The molecule has 0 unspecified atom stereocenters. The Balaban J connectivity index is 1.63. The molecule has 0 bridgehead atoms. The van der Waals surface area contributed by atoms with Gasteiger partial charge in [-0.15, -0.1) is 0 Å². The molecule has 2 heterocycles. The van der Waals surface area contributed by atoms with Crippen molar-refractivity contribution in [3.8, 4) is 5.69 Å². The number of benzene rings is 2. The van der Waals surface area contributed by atoms with Gasteiger partial charge in [0, 0.05) is 29.4 Å². The summed E-state index contributed by atoms with van der Waals surface area (Å²) in [5, 5.41) is 8.35. The number of carbonyl (C=O) groups is 1. The Bertz CT molecular complexity index is 1240. The number of hydrogen-bond donors (Lipinski definition) is 1. The highest BCUT2D eigenvalue weighted by atomic mass is 35.5. The molecule has 2 aromatic carbocycles. The van der Waals surface area contributed by atoms with E-state index in [2.05, 4.69) is 15.4 Å². The zero-order valence-electron chi connectivity index (χ0n) is 16.1. The lowest BCUT2D eigenvalue weighted by atomic mass is 10.2. The van der Waals surface area contributed by atoms with Crippen LogP contribution in [0.4, 0.5) is 10.1 Å². The number of carbonyl (C=O) groups excluding carboxylic acids is 1. The molecule has 9 heteroatoms. The fourth-order valence-corrected chi connectivity index (χ4v) is 3.97. The van der Waals surface area contributed by atoms with Crippen molar-refractivity contribution in [2.24, 2.45) is 7.05 Å². The van der Waals surface area contributed by atoms with Crippen molar-refractivity contribution >= 4 is 35.0 Å². The van der Waals surface area contributed by atoms with Gasteiger partial charge in [-0.1, -0.05) is 23.7 Å². The third kappa shape index (κ3) is 3.96. The number of rotatable bonds is 5. The minimum absolute atomic E-state index is 0.280. The van der Waals surface area contributed by atoms with Gasteiger partial charge < -0.3 is 9.88 Å². The van der Waals surface area contributed by atoms with Gasteiger partial charge in [0.05, 0.1) is 23.1 Å². The van der Waals surface area contributed by atoms with Gasteiger partial charge in [0.2, 0.25) is 0 Å². The first kappa shape index (κ1) is 20.2. The molecule has 0 aliphatic heterocycles. The second-order valence-electron chi connectivity index (χ2n) is 6.52. The van der Waals surface area contributed by atoms with Gasteiger partial charge in [-0.05, 0) is 49.0 Å². The summed E-state index contributed by atoms with van der Waals surface area (Å²) in [4.78, 5) is 18.1. The van der Waals surface area contributed by atoms with Crippen LogP contribution in [-0.4, -0.2) is 25.2 Å². The normalized spacial score (nSPS) is 10.9. The van der Waals surface area contributed by atoms with Gasteiger partial charge in [-0.2, -0.15) is 5.10 Å². The van der Waals surface area contributed by atoms with Crippen LogP contribution in [0.3, 0.4) is 0 Å². The minimum Gasteiger partial charge on any atom is -0.329 e. The molecule has 152 valence electrons. The van der Waals surface area contributed by atoms with E-state index in [9.17, 15) is 9.18 Å². The van der Waals surface area contributed by atoms with Crippen molar-refractivity contribution in [2.75, 3.05) is 5.32 Å². The monoisotopic (exact) mass is 441 g/mol. The number of aryl methyl sites for hydroxylation is 1. The number of amides is 1. The molecule has 1 N–H and O–H groups in total. The molecular formula is C21H17ClFN5OS. The van der Waals surface area contributed by atoms with Gasteiger partial charge in [0.15, 0.2) is 5.16 Å². The highest BCUT2D eigenvalue weighted by molar-refractivity contribution is 7.99. The van der Waals surface area contributed by atoms with Gasteiger partial charge in [-0.25, -0.2) is 14.1 Å². The fraction of sp³-hybridized carbons (Fsp3) is 0.0952. The maximum absolute atomic E-state index is 14.1. The molecule has 0 aliphatic carbocycles. The summed E-state index contributed by atoms with van der Waals surface area (Å²) in [6.45, 7) is 1.72. The van der Waals surface area contributed by atoms with Gasteiger partial charge in [-0.3, -0.25) is 4.79 Å². The van der Waals surface area contributed by atoms with Crippen molar-refractivity contribution in [3.05, 3.63) is 83.2 Å². The number of nitrogens with one attached hydrogen (secondary N) is 1. The number of nitrogens with zero attached hydrogens (tertiary/aromatic N) is 4. The molecule has 30 heavy (non-hydrogen) atoms. The van der Waals surface area contributed by atoms with E-state index in [1.165, 1.54) is 28.7 Å². The summed E-state index contributed by atoms with van der Waals surface area (Å²) < 4.78 is 17.4. The van der Waals surface area contributed by atoms with Gasteiger partial charge in [0.1, 0.15) is 11.5 Å². The van der Waals surface area contributed by atoms with Crippen LogP contribution in [0.1, 0.15) is 16.1 Å². The van der Waals surface area contributed by atoms with E-state index < -0.39 is 5.82 Å². The Morgan fingerprint density at radius 2 is 2.03 bits per heavy atom. The summed E-state index contributed by atoms with van der Waals surface area (Å²) in [7, 11) is 1.89. The number of anilines is 1. The Morgan fingerprint density at radius 3 is 2.77 bits per heavy atom. The zero-order chi connectivity index (χ0) is 21.3. The predicted octanol–water partition coefficient (Wildman–Crippen LogP) is 5.11. The Kier molecular flexibility index (Phi) is 5.61. The van der Waals surface area contributed by atoms with Crippen LogP contribution in [0.2, 0.25) is 5.02 Å². The van der Waals surface area contributed by atoms with E-state index in [4.69, 9.17) is 11.6 Å². The summed E-state index contributed by atoms with van der Waals surface area (Å²) in [6, 6.07) is 11.5. The molecule has 0 atom stereocenters. The Hall–Kier alpha value is -3.10. The van der Waals surface area contributed by atoms with Crippen molar-refractivity contribution < 1.29 is 9.18 Å². The number of hydrogen-bond acceptors (Lipinski definition) is 4. The predicted molar refractivity (Wildman–Crippen MR) is 115 cm³/mol. The lowest BCUT2D eigenvalue weighted by molar-refractivity contribution is 0.102. The highest BCUT2D eigenvalue weighted by Crippen LogP contribution is 2.34. The molecule has 0 fully saturated rings. The third-order valence-electron chi connectivity index (χ3n) is 4.50. The second kappa shape index (κ2) is 8.33. The van der Waals surface area contributed by atoms with E-state index in [0.29, 0.717) is 22.0 Å². The lowest BCUT2D eigenvalue weighted by Crippen LogP contribution is -2.14. The number of para-hydroxylation sites is 1. The Labute approximate surface area is 181 Å². The summed E-state index contributed by atoms with van der Waals surface area (Å²) in [6.07, 6.45) is 4.97. The maximum atomic E-state index is 14.1. The fourth-order valence-electron chi connectivity index (χ4n) is 2.93. The van der Waals surface area contributed by atoms with E-state index >= 15 is 0 Å². The standard InChI is InChI=1S/C21H17ClFN5OS/c1-13-15(12-25-28(13)18-6-4-3-5-16(18)23)20(29)26-17-11-14(22)7-8-19(17)30-21-24-9-10-27(21)2/h3-12H,1-2H3,(H,26,29). The molecular weight excluding hydrogens is 425 g/mol. The second-order valence-corrected chi connectivity index (χ2v) is 7.97. The van der Waals surface area contributed by atoms with Crippen LogP contribution in [0, 0.1) is 12.7 Å². The van der Waals surface area contributed by atoms with Crippen LogP contribution in [0.15, 0.2) is 71.1 Å². The first-order valence-corrected chi connectivity index (χ1v) is 10.2. The smallest absolute Gasteiger partial charge is 0.259 e. The third-order valence-corrected chi connectivity index (χ3v) is 5.89. The molecule has 4 rings (SSSR count). The average Bonchev–Trinajstić information content (AvgIpc) is 3.30. The molecule has 0 radical (unpaired) electrons. The first-order chi connectivity index (χ1) is 14.4. The van der Waals surface area contributed by atoms with Crippen LogP contribution in [0.5, 0.6) is 0 Å². The number of halogens is 2. The number of imidazole rings is 1. The molecule has 0 saturated carbocycles. The van der Waals surface area contributed by atoms with Crippen molar-refractivity contribution in [1.29, 1.82) is 0 Å². The zero-order valence-corrected chi connectivity index (χ0v) is 17.7. The van der Waals surface area contributed by atoms with Gasteiger partial charge >= 0.3 is 0 Å². The SMILES string of the molecule is Cc1c(C(=O)Nc2cc(Cl)ccc2Sc2nccn2C)cnn1-c1ccccc1F. The van der Waals surface area contributed by atoms with Crippen molar-refractivity contribution in [2.45, 2.75) is 17.0 Å². The largest absolute Gasteiger partial charge is 0.329 e. The lowest BCUT2D eigenvalue weighted by Gasteiger charge is -2.11. The molecule has 4 aromatic rings. The highest BCUT2D eigenvalue weighted by Gasteiger charge is 2.19. The van der Waals surface area contributed by atoms with E-state index in [-0.39, 0.29) is 11.6 Å². The van der Waals surface area contributed by atoms with Crippen molar-refractivity contribution in [1.82, 2.24) is 19.3 Å². The minimum atomic E-state index is -0.417. The molecule has 0 spiro atoms. The quantitative estimate of drug-likeness (QED) is 0.467. The van der Waals surface area contributed by atoms with E-state index in [0.717, 1.165) is 10.1 Å². The summed E-state index contributed by atoms with van der Waals surface area (Å²) in [5.74, 6) is -0.779. The summed E-state index contributed by atoms with van der Waals surface area (Å²) in [5.41, 5.74) is 1.70. The molecule has 2 aromatic heterocycles. The number of aromatic nitrogens is 4. The Morgan fingerprint density at radius 1 is 1.23 bits per heavy atom. The van der Waals surface area contributed by atoms with Gasteiger partial charge in [0.25, 0.3) is 5.91 Å². The topological polar surface area (TPSA) is 64.7 Å². The van der Waals surface area contributed by atoms with Crippen molar-refractivity contribution in [3.63, 3.8) is 0 Å². The molecule has 0 saturated heterocycles.